The maximum absolute atomic E-state index is 13.5. The van der Waals surface area contributed by atoms with Crippen LogP contribution in [0, 0.1) is 13.8 Å². The first kappa shape index (κ1) is 20.4. The van der Waals surface area contributed by atoms with E-state index >= 15 is 0 Å². The highest BCUT2D eigenvalue weighted by Gasteiger charge is 2.34. The average Bonchev–Trinajstić information content (AvgIpc) is 3.09. The van der Waals surface area contributed by atoms with E-state index < -0.39 is 17.7 Å². The van der Waals surface area contributed by atoms with Crippen LogP contribution in [0.15, 0.2) is 52.4 Å². The number of benzene rings is 1. The maximum Gasteiger partial charge on any atom is 0.418 e. The summed E-state index contributed by atoms with van der Waals surface area (Å²) in [4.78, 5) is 16.0. The number of aliphatic hydroxyl groups excluding tert-OH is 1. The molecule has 2 heterocycles. The van der Waals surface area contributed by atoms with Crippen molar-refractivity contribution in [1.82, 2.24) is 4.57 Å². The number of aliphatic imine (C=N–C) groups is 1. The summed E-state index contributed by atoms with van der Waals surface area (Å²) in [5.74, 6) is -1.04. The fourth-order valence-electron chi connectivity index (χ4n) is 3.40. The van der Waals surface area contributed by atoms with E-state index in [2.05, 4.69) is 9.73 Å². The summed E-state index contributed by atoms with van der Waals surface area (Å²) in [5.41, 5.74) is 1.38. The molecule has 152 valence electrons. The number of nitrogens with zero attached hydrogens (tertiary/aromatic N) is 2. The monoisotopic (exact) mass is 404 g/mol. The van der Waals surface area contributed by atoms with E-state index in [1.54, 1.807) is 32.9 Å². The molecule has 1 aliphatic rings. The normalized spacial score (nSPS) is 15.8. The maximum atomic E-state index is 13.5. The zero-order valence-electron chi connectivity index (χ0n) is 16.3. The van der Waals surface area contributed by atoms with Crippen molar-refractivity contribution < 1.29 is 27.8 Å². The summed E-state index contributed by atoms with van der Waals surface area (Å²) in [6.45, 7) is 4.94. The van der Waals surface area contributed by atoms with Gasteiger partial charge in [-0.25, -0.2) is 9.79 Å². The van der Waals surface area contributed by atoms with Crippen LogP contribution in [0.2, 0.25) is 0 Å². The Morgan fingerprint density at radius 1 is 1.21 bits per heavy atom. The number of hydrogen-bond donors (Lipinski definition) is 1. The minimum atomic E-state index is -4.50. The number of halogens is 3. The van der Waals surface area contributed by atoms with Gasteiger partial charge >= 0.3 is 12.1 Å². The Labute approximate surface area is 165 Å². The van der Waals surface area contributed by atoms with Crippen molar-refractivity contribution >= 4 is 17.8 Å². The van der Waals surface area contributed by atoms with Crippen LogP contribution in [-0.4, -0.2) is 28.5 Å². The summed E-state index contributed by atoms with van der Waals surface area (Å²) >= 11 is 0. The number of carbonyl (C=O) groups excluding carboxylic acids is 1. The highest BCUT2D eigenvalue weighted by molar-refractivity contribution is 6.22. The zero-order valence-corrected chi connectivity index (χ0v) is 16.3. The van der Waals surface area contributed by atoms with Crippen molar-refractivity contribution in [2.75, 3.05) is 7.11 Å². The van der Waals surface area contributed by atoms with Crippen molar-refractivity contribution in [3.8, 4) is 5.69 Å². The Bertz CT molecular complexity index is 1090. The lowest BCUT2D eigenvalue weighted by Gasteiger charge is -2.16. The third-order valence-electron chi connectivity index (χ3n) is 4.73. The van der Waals surface area contributed by atoms with E-state index in [-0.39, 0.29) is 22.7 Å². The molecule has 1 aromatic heterocycles. The molecule has 0 bridgehead atoms. The molecule has 29 heavy (non-hydrogen) atoms. The van der Waals surface area contributed by atoms with Gasteiger partial charge in [0, 0.05) is 11.4 Å². The number of esters is 1. The number of rotatable bonds is 3. The molecule has 0 amide bonds. The van der Waals surface area contributed by atoms with Gasteiger partial charge in [-0.3, -0.25) is 0 Å². The number of alkyl halides is 3. The average molecular weight is 404 g/mol. The third kappa shape index (κ3) is 3.57. The summed E-state index contributed by atoms with van der Waals surface area (Å²) in [5, 5.41) is 10.4. The van der Waals surface area contributed by atoms with Crippen LogP contribution >= 0.6 is 0 Å². The smallest absolute Gasteiger partial charge is 0.418 e. The van der Waals surface area contributed by atoms with E-state index in [0.717, 1.165) is 6.07 Å². The Morgan fingerprint density at radius 3 is 2.48 bits per heavy atom. The Kier molecular flexibility index (Phi) is 5.13. The number of methoxy groups -OCH3 is 1. The standard InChI is InChI=1S/C21H19F3N2O3/c1-11-9-14(10-16-19(27)18(12(2)25-16)20(28)29-4)13(3)26(11)17-8-6-5-7-15(17)21(22,23)24/h5-10,27H,1-4H3/b16-10+. The lowest BCUT2D eigenvalue weighted by molar-refractivity contribution is -0.137. The largest absolute Gasteiger partial charge is 0.505 e. The molecule has 0 saturated heterocycles. The van der Waals surface area contributed by atoms with Crippen LogP contribution in [0.3, 0.4) is 0 Å². The first-order valence-corrected chi connectivity index (χ1v) is 8.71. The molecule has 0 fully saturated rings. The van der Waals surface area contributed by atoms with Crippen molar-refractivity contribution in [3.05, 3.63) is 69.9 Å². The van der Waals surface area contributed by atoms with E-state index in [4.69, 9.17) is 0 Å². The molecule has 0 spiro atoms. The molecule has 3 rings (SSSR count). The molecule has 1 aromatic carbocycles. The van der Waals surface area contributed by atoms with Gasteiger partial charge < -0.3 is 14.4 Å². The van der Waals surface area contributed by atoms with Gasteiger partial charge in [-0.2, -0.15) is 13.2 Å². The lowest BCUT2D eigenvalue weighted by Crippen LogP contribution is -2.12. The van der Waals surface area contributed by atoms with Crippen LogP contribution in [0.1, 0.15) is 29.4 Å². The van der Waals surface area contributed by atoms with Crippen LogP contribution in [-0.2, 0) is 15.7 Å². The SMILES string of the molecule is COC(=O)C1=C(O)/C(=C\c2cc(C)n(-c3ccccc3C(F)(F)F)c2C)N=C1C. The van der Waals surface area contributed by atoms with Gasteiger partial charge in [0.2, 0.25) is 0 Å². The molecule has 0 saturated carbocycles. The van der Waals surface area contributed by atoms with Gasteiger partial charge in [0.25, 0.3) is 0 Å². The Balaban J connectivity index is 2.13. The number of aryl methyl sites for hydroxylation is 1. The molecule has 0 atom stereocenters. The highest BCUT2D eigenvalue weighted by atomic mass is 19.4. The molecule has 0 unspecified atom stereocenters. The molecule has 1 N–H and O–H groups in total. The van der Waals surface area contributed by atoms with Gasteiger partial charge in [0.15, 0.2) is 5.76 Å². The molecule has 8 heteroatoms. The fraction of sp³-hybridized carbons (Fsp3) is 0.238. The third-order valence-corrected chi connectivity index (χ3v) is 4.73. The van der Waals surface area contributed by atoms with Crippen LogP contribution in [0.5, 0.6) is 0 Å². The summed E-state index contributed by atoms with van der Waals surface area (Å²) in [6.07, 6.45) is -2.97. The minimum Gasteiger partial charge on any atom is -0.505 e. The van der Waals surface area contributed by atoms with Gasteiger partial charge in [0.1, 0.15) is 11.3 Å². The van der Waals surface area contributed by atoms with Crippen molar-refractivity contribution in [3.63, 3.8) is 0 Å². The van der Waals surface area contributed by atoms with Crippen molar-refractivity contribution in [2.24, 2.45) is 4.99 Å². The number of aromatic nitrogens is 1. The second kappa shape index (κ2) is 7.27. The zero-order chi connectivity index (χ0) is 21.5. The molecule has 0 aliphatic carbocycles. The van der Waals surface area contributed by atoms with Gasteiger partial charge in [-0.15, -0.1) is 0 Å². The van der Waals surface area contributed by atoms with E-state index in [1.807, 2.05) is 0 Å². The minimum absolute atomic E-state index is 0.0146. The molecule has 5 nitrogen and oxygen atoms in total. The number of para-hydroxylation sites is 1. The molecule has 0 radical (unpaired) electrons. The predicted molar refractivity (Wildman–Crippen MR) is 103 cm³/mol. The number of ether oxygens (including phenoxy) is 1. The van der Waals surface area contributed by atoms with E-state index in [0.29, 0.717) is 22.7 Å². The topological polar surface area (TPSA) is 63.8 Å². The number of carbonyl (C=O) groups is 1. The predicted octanol–water partition coefficient (Wildman–Crippen LogP) is 4.91. The first-order valence-electron chi connectivity index (χ1n) is 8.71. The van der Waals surface area contributed by atoms with Crippen LogP contribution in [0.4, 0.5) is 13.2 Å². The van der Waals surface area contributed by atoms with Gasteiger partial charge in [-0.05, 0) is 50.6 Å². The first-order chi connectivity index (χ1) is 13.6. The Morgan fingerprint density at radius 2 is 1.86 bits per heavy atom. The number of hydrogen-bond acceptors (Lipinski definition) is 4. The summed E-state index contributed by atoms with van der Waals surface area (Å²) in [7, 11) is 1.20. The summed E-state index contributed by atoms with van der Waals surface area (Å²) in [6, 6.07) is 7.03. The molecule has 2 aromatic rings. The molecular formula is C21H19F3N2O3. The Hall–Kier alpha value is -3.29. The molecule has 1 aliphatic heterocycles. The fourth-order valence-corrected chi connectivity index (χ4v) is 3.40. The van der Waals surface area contributed by atoms with E-state index in [9.17, 15) is 23.1 Å². The van der Waals surface area contributed by atoms with Crippen molar-refractivity contribution in [2.45, 2.75) is 26.9 Å². The molecular weight excluding hydrogens is 385 g/mol. The highest BCUT2D eigenvalue weighted by Crippen LogP contribution is 2.36. The van der Waals surface area contributed by atoms with Crippen LogP contribution in [0.25, 0.3) is 11.8 Å². The number of aliphatic hydroxyl groups is 1. The van der Waals surface area contributed by atoms with Crippen molar-refractivity contribution in [1.29, 1.82) is 0 Å². The van der Waals surface area contributed by atoms with E-state index in [1.165, 1.54) is 29.9 Å². The van der Waals surface area contributed by atoms with Crippen LogP contribution < -0.4 is 0 Å². The van der Waals surface area contributed by atoms with Gasteiger partial charge in [-0.1, -0.05) is 12.1 Å². The second-order valence-corrected chi connectivity index (χ2v) is 6.62. The van der Waals surface area contributed by atoms with Gasteiger partial charge in [0.05, 0.1) is 24.1 Å². The lowest BCUT2D eigenvalue weighted by atomic mass is 10.1. The quantitative estimate of drug-likeness (QED) is 0.739. The second-order valence-electron chi connectivity index (χ2n) is 6.62. The summed E-state index contributed by atoms with van der Waals surface area (Å²) < 4.78 is 46.5.